The Bertz CT molecular complexity index is 892. The van der Waals surface area contributed by atoms with Crippen LogP contribution >= 0.6 is 0 Å². The van der Waals surface area contributed by atoms with Crippen LogP contribution in [0.3, 0.4) is 0 Å². The van der Waals surface area contributed by atoms with Crippen LogP contribution in [0.4, 0.5) is 0 Å². The third-order valence-electron chi connectivity index (χ3n) is 6.39. The number of hydrogen-bond donors (Lipinski definition) is 1. The molecule has 2 aromatic carbocycles. The third kappa shape index (κ3) is 4.20. The van der Waals surface area contributed by atoms with Gasteiger partial charge in [0.15, 0.2) is 0 Å². The van der Waals surface area contributed by atoms with Gasteiger partial charge in [-0.25, -0.2) is 0 Å². The van der Waals surface area contributed by atoms with Crippen molar-refractivity contribution >= 4 is 23.7 Å². The average molecular weight is 388 g/mol. The van der Waals surface area contributed by atoms with Crippen molar-refractivity contribution in [3.8, 4) is 0 Å². The zero-order valence-corrected chi connectivity index (χ0v) is 17.1. The van der Waals surface area contributed by atoms with Crippen molar-refractivity contribution < 1.29 is 9.90 Å². The van der Waals surface area contributed by atoms with Crippen LogP contribution in [-0.4, -0.2) is 35.6 Å². The Kier molecular flexibility index (Phi) is 5.96. The van der Waals surface area contributed by atoms with Crippen LogP contribution in [-0.2, 0) is 4.79 Å². The first-order valence-electron chi connectivity index (χ1n) is 10.7. The molecule has 2 aliphatic carbocycles. The Morgan fingerprint density at radius 3 is 2.21 bits per heavy atom. The van der Waals surface area contributed by atoms with Crippen molar-refractivity contribution in [1.29, 1.82) is 0 Å². The molecular weight excluding hydrogens is 358 g/mol. The zero-order chi connectivity index (χ0) is 20.2. The van der Waals surface area contributed by atoms with Crippen LogP contribution in [0.2, 0.25) is 0 Å². The first kappa shape index (κ1) is 19.7. The second-order valence-corrected chi connectivity index (χ2v) is 8.19. The maximum Gasteiger partial charge on any atom is 0.308 e. The van der Waals surface area contributed by atoms with E-state index in [4.69, 9.17) is 0 Å². The lowest BCUT2D eigenvalue weighted by atomic mass is 9.83. The second-order valence-electron chi connectivity index (χ2n) is 8.19. The lowest BCUT2D eigenvalue weighted by Gasteiger charge is -2.35. The molecule has 1 N–H and O–H groups in total. The minimum atomic E-state index is -0.641. The highest BCUT2D eigenvalue weighted by atomic mass is 16.4. The van der Waals surface area contributed by atoms with E-state index in [1.807, 2.05) is 0 Å². The summed E-state index contributed by atoms with van der Waals surface area (Å²) in [6.07, 6.45) is 11.6. The highest BCUT2D eigenvalue weighted by molar-refractivity contribution is 5.93. The maximum atomic E-state index is 11.7. The van der Waals surface area contributed by atoms with Gasteiger partial charge in [0.2, 0.25) is 0 Å². The summed E-state index contributed by atoms with van der Waals surface area (Å²) in [5.41, 5.74) is 6.27. The largest absolute Gasteiger partial charge is 0.481 e. The van der Waals surface area contributed by atoms with Crippen LogP contribution in [0.15, 0.2) is 54.6 Å². The Morgan fingerprint density at radius 2 is 1.59 bits per heavy atom. The van der Waals surface area contributed by atoms with Gasteiger partial charge < -0.3 is 10.0 Å². The molecule has 0 bridgehead atoms. The summed E-state index contributed by atoms with van der Waals surface area (Å²) in [6, 6.07) is 17.2. The van der Waals surface area contributed by atoms with Gasteiger partial charge in [-0.15, -0.1) is 0 Å². The number of fused-ring (bicyclic) bond motifs is 2. The second kappa shape index (κ2) is 8.79. The van der Waals surface area contributed by atoms with E-state index < -0.39 is 5.97 Å². The van der Waals surface area contributed by atoms with Crippen LogP contribution in [0, 0.1) is 5.92 Å². The van der Waals surface area contributed by atoms with Crippen molar-refractivity contribution in [1.82, 2.24) is 4.90 Å². The van der Waals surface area contributed by atoms with Gasteiger partial charge in [0, 0.05) is 12.6 Å². The summed E-state index contributed by atoms with van der Waals surface area (Å²) in [6.45, 7) is 0.871. The summed E-state index contributed by atoms with van der Waals surface area (Å²) in [5, 5.41) is 9.59. The van der Waals surface area contributed by atoms with E-state index in [1.165, 1.54) is 27.8 Å². The molecule has 0 amide bonds. The van der Waals surface area contributed by atoms with E-state index >= 15 is 0 Å². The predicted molar refractivity (Wildman–Crippen MR) is 120 cm³/mol. The molecule has 2 atom stereocenters. The smallest absolute Gasteiger partial charge is 0.308 e. The van der Waals surface area contributed by atoms with Crippen LogP contribution in [0.5, 0.6) is 0 Å². The summed E-state index contributed by atoms with van der Waals surface area (Å²) < 4.78 is 0. The monoisotopic (exact) mass is 387 g/mol. The molecule has 0 unspecified atom stereocenters. The molecule has 1 fully saturated rings. The van der Waals surface area contributed by atoms with Crippen LogP contribution < -0.4 is 0 Å². The minimum Gasteiger partial charge on any atom is -0.481 e. The standard InChI is InChI=1S/C26H29NO2/c1-27(25-15-7-6-13-24(25)26(28)29)18-8-14-23-21-11-4-2-9-19(21)16-17-20-10-3-5-12-22(20)23/h2-5,9-12,14,16-17,24-25H,6-8,13,15,18H2,1H3,(H,28,29)/t24-,25+/m0/s1. The summed E-state index contributed by atoms with van der Waals surface area (Å²) in [5.74, 6) is -0.873. The molecule has 2 aliphatic rings. The molecule has 0 heterocycles. The van der Waals surface area contributed by atoms with Crippen molar-refractivity contribution in [2.75, 3.05) is 13.6 Å². The first-order valence-corrected chi connectivity index (χ1v) is 10.7. The molecule has 29 heavy (non-hydrogen) atoms. The number of hydrogen-bond acceptors (Lipinski definition) is 2. The van der Waals surface area contributed by atoms with Gasteiger partial charge in [0.25, 0.3) is 0 Å². The molecule has 2 aromatic rings. The molecule has 0 aliphatic heterocycles. The molecule has 1 saturated carbocycles. The zero-order valence-electron chi connectivity index (χ0n) is 17.1. The lowest BCUT2D eigenvalue weighted by molar-refractivity contribution is -0.145. The molecule has 0 spiro atoms. The normalized spacial score (nSPS) is 20.7. The number of rotatable bonds is 5. The van der Waals surface area contributed by atoms with E-state index in [1.54, 1.807) is 0 Å². The minimum absolute atomic E-state index is 0.148. The third-order valence-corrected chi connectivity index (χ3v) is 6.39. The fourth-order valence-corrected chi connectivity index (χ4v) is 4.83. The van der Waals surface area contributed by atoms with Gasteiger partial charge in [0.1, 0.15) is 0 Å². The topological polar surface area (TPSA) is 40.5 Å². The predicted octanol–water partition coefficient (Wildman–Crippen LogP) is 5.57. The van der Waals surface area contributed by atoms with Gasteiger partial charge in [-0.3, -0.25) is 4.79 Å². The lowest BCUT2D eigenvalue weighted by Crippen LogP contribution is -2.43. The number of carboxylic acid groups (broad SMARTS) is 1. The molecule has 3 heteroatoms. The van der Waals surface area contributed by atoms with Gasteiger partial charge in [-0.2, -0.15) is 0 Å². The van der Waals surface area contributed by atoms with Gasteiger partial charge in [0.05, 0.1) is 5.92 Å². The molecular formula is C26H29NO2. The number of benzene rings is 2. The van der Waals surface area contributed by atoms with E-state index in [9.17, 15) is 9.90 Å². The SMILES string of the molecule is CN(CCC=C1c2ccccc2C=Cc2ccccc21)[C@@H]1CCCC[C@@H]1C(=O)O. The van der Waals surface area contributed by atoms with E-state index in [2.05, 4.69) is 78.7 Å². The van der Waals surface area contributed by atoms with Gasteiger partial charge in [-0.1, -0.05) is 79.6 Å². The number of carboxylic acids is 1. The average Bonchev–Trinajstić information content (AvgIpc) is 2.91. The highest BCUT2D eigenvalue weighted by Gasteiger charge is 2.33. The fourth-order valence-electron chi connectivity index (χ4n) is 4.83. The van der Waals surface area contributed by atoms with Crippen molar-refractivity contribution in [3.05, 3.63) is 76.9 Å². The van der Waals surface area contributed by atoms with Gasteiger partial charge >= 0.3 is 5.97 Å². The summed E-state index contributed by atoms with van der Waals surface area (Å²) >= 11 is 0. The van der Waals surface area contributed by atoms with Crippen molar-refractivity contribution in [2.24, 2.45) is 5.92 Å². The Balaban J connectivity index is 1.56. The molecule has 3 nitrogen and oxygen atoms in total. The Morgan fingerprint density at radius 1 is 1.00 bits per heavy atom. The highest BCUT2D eigenvalue weighted by Crippen LogP contribution is 2.34. The molecule has 150 valence electrons. The van der Waals surface area contributed by atoms with E-state index in [-0.39, 0.29) is 12.0 Å². The molecule has 0 saturated heterocycles. The summed E-state index contributed by atoms with van der Waals surface area (Å²) in [7, 11) is 2.08. The Labute approximate surface area is 173 Å². The van der Waals surface area contributed by atoms with Crippen LogP contribution in [0.1, 0.15) is 54.4 Å². The summed E-state index contributed by atoms with van der Waals surface area (Å²) in [4.78, 5) is 13.9. The van der Waals surface area contributed by atoms with Crippen molar-refractivity contribution in [2.45, 2.75) is 38.1 Å². The van der Waals surface area contributed by atoms with Gasteiger partial charge in [-0.05, 0) is 54.1 Å². The quantitative estimate of drug-likeness (QED) is 0.622. The molecule has 4 rings (SSSR count). The van der Waals surface area contributed by atoms with Crippen LogP contribution in [0.25, 0.3) is 17.7 Å². The Hall–Kier alpha value is -2.65. The maximum absolute atomic E-state index is 11.7. The fraction of sp³-hybridized carbons (Fsp3) is 0.346. The number of nitrogens with zero attached hydrogens (tertiary/aromatic N) is 1. The van der Waals surface area contributed by atoms with E-state index in [0.29, 0.717) is 0 Å². The number of aliphatic carboxylic acids is 1. The van der Waals surface area contributed by atoms with Crippen molar-refractivity contribution in [3.63, 3.8) is 0 Å². The molecule has 0 radical (unpaired) electrons. The first-order chi connectivity index (χ1) is 14.1. The van der Waals surface area contributed by atoms with E-state index in [0.717, 1.165) is 38.6 Å². The number of carbonyl (C=O) groups is 1. The molecule has 0 aromatic heterocycles.